The summed E-state index contributed by atoms with van der Waals surface area (Å²) in [7, 11) is -3.98. The van der Waals surface area contributed by atoms with Gasteiger partial charge in [-0.25, -0.2) is 22.0 Å². The molecule has 104 valence electrons. The molecule has 0 bridgehead atoms. The summed E-state index contributed by atoms with van der Waals surface area (Å²) in [6.07, 6.45) is -1.12. The van der Waals surface area contributed by atoms with E-state index in [1.165, 1.54) is 0 Å². The van der Waals surface area contributed by atoms with E-state index in [-0.39, 0.29) is 24.4 Å². The number of aromatic carboxylic acids is 1. The van der Waals surface area contributed by atoms with Crippen molar-refractivity contribution in [3.63, 3.8) is 0 Å². The van der Waals surface area contributed by atoms with Crippen LogP contribution < -0.4 is 0 Å². The summed E-state index contributed by atoms with van der Waals surface area (Å²) in [5, 5.41) is 8.66. The largest absolute Gasteiger partial charge is 0.478 e. The van der Waals surface area contributed by atoms with Crippen molar-refractivity contribution in [2.75, 3.05) is 13.1 Å². The van der Waals surface area contributed by atoms with Gasteiger partial charge in [-0.3, -0.25) is 0 Å². The zero-order valence-corrected chi connectivity index (χ0v) is 10.5. The number of carboxylic acid groups (broad SMARTS) is 1. The highest BCUT2D eigenvalue weighted by Gasteiger charge is 2.33. The molecule has 8 heteroatoms. The van der Waals surface area contributed by atoms with E-state index in [1.54, 1.807) is 0 Å². The van der Waals surface area contributed by atoms with Gasteiger partial charge in [-0.2, -0.15) is 4.31 Å². The van der Waals surface area contributed by atoms with Gasteiger partial charge in [0.1, 0.15) is 12.0 Å². The highest BCUT2D eigenvalue weighted by atomic mass is 32.2. The lowest BCUT2D eigenvalue weighted by atomic mass is 10.2. The summed E-state index contributed by atoms with van der Waals surface area (Å²) in [5.41, 5.74) is -0.608. The number of carbonyl (C=O) groups is 1. The fourth-order valence-corrected chi connectivity index (χ4v) is 3.38. The average molecular weight is 291 g/mol. The van der Waals surface area contributed by atoms with Crippen LogP contribution in [-0.4, -0.2) is 43.1 Å². The Hall–Kier alpha value is -1.54. The Bertz CT molecular complexity index is 617. The lowest BCUT2D eigenvalue weighted by Gasteiger charge is -2.15. The first-order valence-electron chi connectivity index (χ1n) is 5.49. The Balaban J connectivity index is 2.36. The molecule has 1 fully saturated rings. The molecule has 1 aliphatic heterocycles. The second-order valence-corrected chi connectivity index (χ2v) is 6.13. The van der Waals surface area contributed by atoms with Crippen LogP contribution in [0.15, 0.2) is 23.1 Å². The minimum absolute atomic E-state index is 0.0335. The molecule has 5 nitrogen and oxygen atoms in total. The second kappa shape index (κ2) is 4.86. The quantitative estimate of drug-likeness (QED) is 0.909. The Kier molecular flexibility index (Phi) is 3.55. The van der Waals surface area contributed by atoms with E-state index in [2.05, 4.69) is 0 Å². The number of carboxylic acids is 1. The number of nitrogens with zero attached hydrogens (tertiary/aromatic N) is 1. The predicted molar refractivity (Wildman–Crippen MR) is 61.6 cm³/mol. The molecule has 1 saturated heterocycles. The van der Waals surface area contributed by atoms with Crippen molar-refractivity contribution in [1.82, 2.24) is 4.31 Å². The van der Waals surface area contributed by atoms with Crippen molar-refractivity contribution < 1.29 is 27.1 Å². The Morgan fingerprint density at radius 3 is 2.58 bits per heavy atom. The van der Waals surface area contributed by atoms with Crippen molar-refractivity contribution >= 4 is 16.0 Å². The van der Waals surface area contributed by atoms with E-state index >= 15 is 0 Å². The molecule has 19 heavy (non-hydrogen) atoms. The minimum atomic E-state index is -3.98. The van der Waals surface area contributed by atoms with Crippen LogP contribution in [0.4, 0.5) is 8.78 Å². The van der Waals surface area contributed by atoms with Gasteiger partial charge in [0.2, 0.25) is 10.0 Å². The van der Waals surface area contributed by atoms with Gasteiger partial charge in [0.15, 0.2) is 0 Å². The number of hydrogen-bond acceptors (Lipinski definition) is 3. The first kappa shape index (κ1) is 13.9. The average Bonchev–Trinajstić information content (AvgIpc) is 2.76. The van der Waals surface area contributed by atoms with E-state index in [0.717, 1.165) is 16.4 Å². The molecule has 0 radical (unpaired) electrons. The maximum Gasteiger partial charge on any atom is 0.338 e. The van der Waals surface area contributed by atoms with E-state index in [9.17, 15) is 22.0 Å². The molecular weight excluding hydrogens is 280 g/mol. The molecule has 1 atom stereocenters. The van der Waals surface area contributed by atoms with Crippen LogP contribution >= 0.6 is 0 Å². The van der Waals surface area contributed by atoms with E-state index < -0.39 is 33.5 Å². The third-order valence-electron chi connectivity index (χ3n) is 2.90. The van der Waals surface area contributed by atoms with Crippen molar-refractivity contribution in [2.24, 2.45) is 0 Å². The number of benzene rings is 1. The maximum absolute atomic E-state index is 13.5. The van der Waals surface area contributed by atoms with Crippen LogP contribution in [0.1, 0.15) is 16.8 Å². The zero-order valence-electron chi connectivity index (χ0n) is 9.71. The Labute approximate surface area is 108 Å². The standard InChI is InChI=1S/C11H11F2NO4S/c12-7-3-4-14(6-7)19(17,18)8-1-2-9(11(15)16)10(13)5-8/h1-2,5,7H,3-4,6H2,(H,15,16)/t7-/m1/s1. The van der Waals surface area contributed by atoms with Gasteiger partial charge in [-0.05, 0) is 24.6 Å². The van der Waals surface area contributed by atoms with Gasteiger partial charge in [-0.15, -0.1) is 0 Å². The van der Waals surface area contributed by atoms with Crippen molar-refractivity contribution in [3.8, 4) is 0 Å². The zero-order chi connectivity index (χ0) is 14.2. The summed E-state index contributed by atoms with van der Waals surface area (Å²) in [5.74, 6) is -2.61. The SMILES string of the molecule is O=C(O)c1ccc(S(=O)(=O)N2CC[C@@H](F)C2)cc1F. The first-order valence-corrected chi connectivity index (χ1v) is 6.93. The van der Waals surface area contributed by atoms with Crippen LogP contribution in [0.3, 0.4) is 0 Å². The summed E-state index contributed by atoms with van der Waals surface area (Å²) in [6, 6.07) is 2.53. The van der Waals surface area contributed by atoms with Crippen molar-refractivity contribution in [3.05, 3.63) is 29.6 Å². The van der Waals surface area contributed by atoms with Gasteiger partial charge in [0, 0.05) is 13.1 Å². The van der Waals surface area contributed by atoms with Crippen molar-refractivity contribution in [1.29, 1.82) is 0 Å². The lowest BCUT2D eigenvalue weighted by Crippen LogP contribution is -2.29. The summed E-state index contributed by atoms with van der Waals surface area (Å²) < 4.78 is 51.5. The third-order valence-corrected chi connectivity index (χ3v) is 4.76. The smallest absolute Gasteiger partial charge is 0.338 e. The van der Waals surface area contributed by atoms with E-state index in [0.29, 0.717) is 6.07 Å². The van der Waals surface area contributed by atoms with E-state index in [1.807, 2.05) is 0 Å². The van der Waals surface area contributed by atoms with Gasteiger partial charge >= 0.3 is 5.97 Å². The number of alkyl halides is 1. The first-order chi connectivity index (χ1) is 8.82. The molecule has 0 unspecified atom stereocenters. The number of hydrogen-bond donors (Lipinski definition) is 1. The molecular formula is C11H11F2NO4S. The van der Waals surface area contributed by atoms with Crippen LogP contribution in [-0.2, 0) is 10.0 Å². The minimum Gasteiger partial charge on any atom is -0.478 e. The molecule has 1 heterocycles. The topological polar surface area (TPSA) is 74.7 Å². The molecule has 1 N–H and O–H groups in total. The number of rotatable bonds is 3. The normalized spacial score (nSPS) is 20.6. The summed E-state index contributed by atoms with van der Waals surface area (Å²) in [4.78, 5) is 10.3. The Morgan fingerprint density at radius 2 is 2.11 bits per heavy atom. The molecule has 0 aromatic heterocycles. The molecule has 1 aromatic carbocycles. The molecule has 0 spiro atoms. The van der Waals surface area contributed by atoms with Gasteiger partial charge < -0.3 is 5.11 Å². The lowest BCUT2D eigenvalue weighted by molar-refractivity contribution is 0.0691. The fraction of sp³-hybridized carbons (Fsp3) is 0.364. The molecule has 0 amide bonds. The van der Waals surface area contributed by atoms with Gasteiger partial charge in [-0.1, -0.05) is 0 Å². The van der Waals surface area contributed by atoms with Gasteiger partial charge in [0.05, 0.1) is 10.5 Å². The Morgan fingerprint density at radius 1 is 1.42 bits per heavy atom. The third kappa shape index (κ3) is 2.59. The van der Waals surface area contributed by atoms with Crippen LogP contribution in [0.2, 0.25) is 0 Å². The molecule has 0 saturated carbocycles. The van der Waals surface area contributed by atoms with E-state index in [4.69, 9.17) is 5.11 Å². The highest BCUT2D eigenvalue weighted by Crippen LogP contribution is 2.23. The monoisotopic (exact) mass is 291 g/mol. The van der Waals surface area contributed by atoms with Crippen LogP contribution in [0.5, 0.6) is 0 Å². The van der Waals surface area contributed by atoms with Crippen LogP contribution in [0.25, 0.3) is 0 Å². The van der Waals surface area contributed by atoms with Crippen LogP contribution in [0, 0.1) is 5.82 Å². The molecule has 1 aliphatic rings. The van der Waals surface area contributed by atoms with Gasteiger partial charge in [0.25, 0.3) is 0 Å². The maximum atomic E-state index is 13.5. The highest BCUT2D eigenvalue weighted by molar-refractivity contribution is 7.89. The predicted octanol–water partition coefficient (Wildman–Crippen LogP) is 1.26. The molecule has 2 rings (SSSR count). The fourth-order valence-electron chi connectivity index (χ4n) is 1.88. The molecule has 0 aliphatic carbocycles. The summed E-state index contributed by atoms with van der Waals surface area (Å²) >= 11 is 0. The second-order valence-electron chi connectivity index (χ2n) is 4.20. The summed E-state index contributed by atoms with van der Waals surface area (Å²) in [6.45, 7) is -0.226. The number of sulfonamides is 1. The molecule has 1 aromatic rings. The van der Waals surface area contributed by atoms with Crippen molar-refractivity contribution in [2.45, 2.75) is 17.5 Å². The number of halogens is 2.